The first-order chi connectivity index (χ1) is 13.7. The Morgan fingerprint density at radius 1 is 1.17 bits per heavy atom. The number of rotatable bonds is 4. The van der Waals surface area contributed by atoms with Crippen molar-refractivity contribution in [2.24, 2.45) is 11.8 Å². The maximum atomic E-state index is 12.9. The zero-order valence-electron chi connectivity index (χ0n) is 16.4. The molecule has 1 heterocycles. The summed E-state index contributed by atoms with van der Waals surface area (Å²) >= 11 is 0. The predicted octanol–water partition coefficient (Wildman–Crippen LogP) is 4.52. The molecule has 2 atom stereocenters. The van der Waals surface area contributed by atoms with E-state index in [-0.39, 0.29) is 23.6 Å². The second kappa shape index (κ2) is 8.59. The van der Waals surface area contributed by atoms with Crippen molar-refractivity contribution in [3.8, 4) is 0 Å². The van der Waals surface area contributed by atoms with Gasteiger partial charge in [0.25, 0.3) is 5.69 Å². The first-order valence-electron chi connectivity index (χ1n) is 10.1. The summed E-state index contributed by atoms with van der Waals surface area (Å²) in [5, 5.41) is 14.5. The summed E-state index contributed by atoms with van der Waals surface area (Å²) in [5.74, 6) is 0.307. The van der Waals surface area contributed by atoms with E-state index in [0.717, 1.165) is 31.4 Å². The van der Waals surface area contributed by atoms with E-state index in [1.807, 2.05) is 0 Å². The minimum atomic E-state index is -4.63. The highest BCUT2D eigenvalue weighted by Crippen LogP contribution is 2.37. The molecule has 1 aromatic carbocycles. The summed E-state index contributed by atoms with van der Waals surface area (Å²) in [6.07, 6.45) is 0.814. The monoisotopic (exact) mass is 413 g/mol. The Labute approximate surface area is 167 Å². The van der Waals surface area contributed by atoms with Crippen molar-refractivity contribution in [1.82, 2.24) is 5.32 Å². The molecule has 2 aliphatic rings. The van der Waals surface area contributed by atoms with Gasteiger partial charge in [0, 0.05) is 31.1 Å². The van der Waals surface area contributed by atoms with Crippen LogP contribution in [0.3, 0.4) is 0 Å². The lowest BCUT2D eigenvalue weighted by molar-refractivity contribution is -0.384. The standard InChI is InChI=1S/C20H26F3N3O3/c1-13-4-2-3-5-16(13)24-19(27)14-8-10-25(11-9-14)17-7-6-15(20(21,22)23)12-18(17)26(28)29/h6-7,12-14,16H,2-5,8-11H2,1H3,(H,24,27). The highest BCUT2D eigenvalue weighted by molar-refractivity contribution is 5.79. The number of benzene rings is 1. The van der Waals surface area contributed by atoms with Crippen LogP contribution in [-0.2, 0) is 11.0 Å². The van der Waals surface area contributed by atoms with E-state index < -0.39 is 22.4 Å². The predicted molar refractivity (Wildman–Crippen MR) is 103 cm³/mol. The molecule has 1 aliphatic carbocycles. The van der Waals surface area contributed by atoms with E-state index in [2.05, 4.69) is 12.2 Å². The first-order valence-corrected chi connectivity index (χ1v) is 10.1. The Balaban J connectivity index is 1.64. The van der Waals surface area contributed by atoms with E-state index in [0.29, 0.717) is 37.9 Å². The van der Waals surface area contributed by atoms with Crippen LogP contribution >= 0.6 is 0 Å². The van der Waals surface area contributed by atoms with E-state index in [9.17, 15) is 28.1 Å². The molecule has 160 valence electrons. The van der Waals surface area contributed by atoms with Crippen LogP contribution in [0, 0.1) is 22.0 Å². The number of nitro groups is 1. The van der Waals surface area contributed by atoms with Crippen molar-refractivity contribution in [2.75, 3.05) is 18.0 Å². The summed E-state index contributed by atoms with van der Waals surface area (Å²) in [6, 6.07) is 2.81. The summed E-state index contributed by atoms with van der Waals surface area (Å²) in [7, 11) is 0. The normalized spacial score (nSPS) is 23.7. The molecule has 1 aliphatic heterocycles. The highest BCUT2D eigenvalue weighted by atomic mass is 19.4. The summed E-state index contributed by atoms with van der Waals surface area (Å²) in [5.41, 5.74) is -1.43. The van der Waals surface area contributed by atoms with E-state index in [1.165, 1.54) is 6.42 Å². The summed E-state index contributed by atoms with van der Waals surface area (Å²) < 4.78 is 38.7. The number of hydrogen-bond acceptors (Lipinski definition) is 4. The summed E-state index contributed by atoms with van der Waals surface area (Å²) in [4.78, 5) is 24.9. The van der Waals surface area contributed by atoms with Gasteiger partial charge >= 0.3 is 6.18 Å². The van der Waals surface area contributed by atoms with Gasteiger partial charge in [-0.25, -0.2) is 0 Å². The van der Waals surface area contributed by atoms with Crippen molar-refractivity contribution >= 4 is 17.3 Å². The van der Waals surface area contributed by atoms with Crippen molar-refractivity contribution in [3.63, 3.8) is 0 Å². The van der Waals surface area contributed by atoms with Gasteiger partial charge in [-0.15, -0.1) is 0 Å². The Bertz CT molecular complexity index is 761. The number of piperidine rings is 1. The Morgan fingerprint density at radius 3 is 2.41 bits per heavy atom. The molecule has 0 bridgehead atoms. The molecule has 1 saturated heterocycles. The van der Waals surface area contributed by atoms with Crippen molar-refractivity contribution in [2.45, 2.75) is 57.7 Å². The van der Waals surface area contributed by atoms with Gasteiger partial charge in [-0.3, -0.25) is 14.9 Å². The molecule has 1 aromatic rings. The van der Waals surface area contributed by atoms with Crippen LogP contribution in [0.25, 0.3) is 0 Å². The maximum absolute atomic E-state index is 12.9. The van der Waals surface area contributed by atoms with Gasteiger partial charge in [-0.2, -0.15) is 13.2 Å². The lowest BCUT2D eigenvalue weighted by atomic mass is 9.85. The van der Waals surface area contributed by atoms with Crippen LogP contribution in [0.1, 0.15) is 51.0 Å². The molecule has 1 N–H and O–H groups in total. The first kappa shape index (κ1) is 21.4. The molecule has 29 heavy (non-hydrogen) atoms. The molecule has 2 fully saturated rings. The minimum Gasteiger partial charge on any atom is -0.366 e. The average Bonchev–Trinajstić information content (AvgIpc) is 2.68. The number of hydrogen-bond donors (Lipinski definition) is 1. The fourth-order valence-corrected chi connectivity index (χ4v) is 4.33. The topological polar surface area (TPSA) is 75.5 Å². The molecule has 1 saturated carbocycles. The van der Waals surface area contributed by atoms with Crippen LogP contribution in [0.15, 0.2) is 18.2 Å². The Morgan fingerprint density at radius 2 is 1.83 bits per heavy atom. The van der Waals surface area contributed by atoms with Gasteiger partial charge < -0.3 is 10.2 Å². The quantitative estimate of drug-likeness (QED) is 0.582. The molecule has 0 radical (unpaired) electrons. The lowest BCUT2D eigenvalue weighted by Gasteiger charge is -2.35. The Kier molecular flexibility index (Phi) is 6.33. The number of alkyl halides is 3. The highest BCUT2D eigenvalue weighted by Gasteiger charge is 2.35. The number of nitro benzene ring substituents is 1. The number of carbonyl (C=O) groups excluding carboxylic acids is 1. The van der Waals surface area contributed by atoms with Crippen LogP contribution in [-0.4, -0.2) is 30.0 Å². The van der Waals surface area contributed by atoms with Gasteiger partial charge in [-0.1, -0.05) is 19.8 Å². The maximum Gasteiger partial charge on any atom is 0.416 e. The van der Waals surface area contributed by atoms with Crippen LogP contribution < -0.4 is 10.2 Å². The largest absolute Gasteiger partial charge is 0.416 e. The summed E-state index contributed by atoms with van der Waals surface area (Å²) in [6.45, 7) is 2.94. The second-order valence-electron chi connectivity index (χ2n) is 8.10. The van der Waals surface area contributed by atoms with Crippen LogP contribution in [0.5, 0.6) is 0 Å². The molecular weight excluding hydrogens is 387 g/mol. The van der Waals surface area contributed by atoms with Gasteiger partial charge in [-0.05, 0) is 43.7 Å². The lowest BCUT2D eigenvalue weighted by Crippen LogP contribution is -2.46. The van der Waals surface area contributed by atoms with Gasteiger partial charge in [0.05, 0.1) is 10.5 Å². The third-order valence-electron chi connectivity index (χ3n) is 6.15. The molecule has 9 heteroatoms. The SMILES string of the molecule is CC1CCCCC1NC(=O)C1CCN(c2ccc(C(F)(F)F)cc2[N+](=O)[O-])CC1. The minimum absolute atomic E-state index is 0.0188. The smallest absolute Gasteiger partial charge is 0.366 e. The van der Waals surface area contributed by atoms with E-state index >= 15 is 0 Å². The third-order valence-corrected chi connectivity index (χ3v) is 6.15. The number of anilines is 1. The molecule has 1 amide bonds. The van der Waals surface area contributed by atoms with Gasteiger partial charge in [0.1, 0.15) is 5.69 Å². The number of amides is 1. The van der Waals surface area contributed by atoms with Crippen LogP contribution in [0.2, 0.25) is 0 Å². The number of nitrogens with one attached hydrogen (secondary N) is 1. The molecule has 2 unspecified atom stereocenters. The molecular formula is C20H26F3N3O3. The van der Waals surface area contributed by atoms with E-state index in [1.54, 1.807) is 4.90 Å². The fraction of sp³-hybridized carbons (Fsp3) is 0.650. The molecule has 0 spiro atoms. The second-order valence-corrected chi connectivity index (χ2v) is 8.10. The van der Waals surface area contributed by atoms with Crippen LogP contribution in [0.4, 0.5) is 24.5 Å². The molecule has 6 nitrogen and oxygen atoms in total. The molecule has 0 aromatic heterocycles. The average molecular weight is 413 g/mol. The number of halogens is 3. The zero-order valence-corrected chi connectivity index (χ0v) is 16.4. The zero-order chi connectivity index (χ0) is 21.2. The molecule has 3 rings (SSSR count). The van der Waals surface area contributed by atoms with E-state index in [4.69, 9.17) is 0 Å². The van der Waals surface area contributed by atoms with Gasteiger partial charge in [0.2, 0.25) is 5.91 Å². The van der Waals surface area contributed by atoms with Crippen molar-refractivity contribution in [1.29, 1.82) is 0 Å². The third kappa shape index (κ3) is 5.00. The number of carbonyl (C=O) groups is 1. The number of nitrogens with zero attached hydrogens (tertiary/aromatic N) is 2. The Hall–Kier alpha value is -2.32. The van der Waals surface area contributed by atoms with Gasteiger partial charge in [0.15, 0.2) is 0 Å². The fourth-order valence-electron chi connectivity index (χ4n) is 4.33. The van der Waals surface area contributed by atoms with Crippen molar-refractivity contribution in [3.05, 3.63) is 33.9 Å². The van der Waals surface area contributed by atoms with Crippen molar-refractivity contribution < 1.29 is 22.9 Å².